The summed E-state index contributed by atoms with van der Waals surface area (Å²) in [6.45, 7) is 3.90. The highest BCUT2D eigenvalue weighted by molar-refractivity contribution is 5.85. The molecule has 6 nitrogen and oxygen atoms in total. The second-order valence-corrected chi connectivity index (χ2v) is 8.34. The molecule has 8 heteroatoms. The number of rotatable bonds is 6. The lowest BCUT2D eigenvalue weighted by atomic mass is 9.84. The fourth-order valence-electron chi connectivity index (χ4n) is 5.12. The molecule has 3 N–H and O–H groups in total. The van der Waals surface area contributed by atoms with Crippen molar-refractivity contribution in [1.29, 1.82) is 0 Å². The second kappa shape index (κ2) is 10.8. The number of amides is 1. The number of piperazine rings is 1. The number of aliphatic hydroxyl groups excluding tert-OH is 1. The maximum Gasteiger partial charge on any atom is 0.227 e. The summed E-state index contributed by atoms with van der Waals surface area (Å²) < 4.78 is 5.62. The molecule has 0 spiro atoms. The lowest BCUT2D eigenvalue weighted by Crippen LogP contribution is -2.54. The molecule has 3 fully saturated rings. The molecule has 5 atom stereocenters. The maximum atomic E-state index is 12.9. The molecule has 2 saturated carbocycles. The molecule has 0 radical (unpaired) electrons. The normalized spacial score (nSPS) is 29.7. The van der Waals surface area contributed by atoms with Gasteiger partial charge in [-0.25, -0.2) is 0 Å². The third kappa shape index (κ3) is 5.56. The summed E-state index contributed by atoms with van der Waals surface area (Å²) in [5, 5.41) is 10.3. The Bertz CT molecular complexity index is 641. The molecule has 1 saturated heterocycles. The topological polar surface area (TPSA) is 79.0 Å². The minimum absolute atomic E-state index is 0. The molecule has 1 aromatic rings. The smallest absolute Gasteiger partial charge is 0.227 e. The highest BCUT2D eigenvalue weighted by atomic mass is 35.5. The van der Waals surface area contributed by atoms with E-state index in [1.165, 1.54) is 12.8 Å². The van der Waals surface area contributed by atoms with Crippen LogP contribution in [-0.4, -0.2) is 72.3 Å². The Labute approximate surface area is 185 Å². The average molecular weight is 446 g/mol. The van der Waals surface area contributed by atoms with Crippen molar-refractivity contribution < 1.29 is 14.6 Å². The summed E-state index contributed by atoms with van der Waals surface area (Å²) in [4.78, 5) is 17.2. The van der Waals surface area contributed by atoms with Crippen molar-refractivity contribution in [2.75, 3.05) is 39.3 Å². The van der Waals surface area contributed by atoms with E-state index in [1.807, 2.05) is 35.2 Å². The molecule has 1 amide bonds. The number of fused-ring (bicyclic) bond motifs is 2. The summed E-state index contributed by atoms with van der Waals surface area (Å²) in [7, 11) is 0. The summed E-state index contributed by atoms with van der Waals surface area (Å²) in [5.74, 6) is 2.15. The summed E-state index contributed by atoms with van der Waals surface area (Å²) in [5.41, 5.74) is 6.34. The van der Waals surface area contributed by atoms with E-state index < -0.39 is 6.10 Å². The Morgan fingerprint density at radius 3 is 2.38 bits per heavy atom. The molecule has 3 aliphatic rings. The van der Waals surface area contributed by atoms with Gasteiger partial charge in [-0.3, -0.25) is 9.69 Å². The molecule has 29 heavy (non-hydrogen) atoms. The minimum atomic E-state index is -0.536. The van der Waals surface area contributed by atoms with E-state index in [2.05, 4.69) is 4.90 Å². The van der Waals surface area contributed by atoms with Crippen LogP contribution in [0.5, 0.6) is 5.75 Å². The minimum Gasteiger partial charge on any atom is -0.491 e. The number of ether oxygens (including phenoxy) is 1. The van der Waals surface area contributed by atoms with Crippen molar-refractivity contribution in [1.82, 2.24) is 9.80 Å². The fraction of sp³-hybridized carbons (Fsp3) is 0.667. The van der Waals surface area contributed by atoms with Crippen LogP contribution in [0.4, 0.5) is 0 Å². The van der Waals surface area contributed by atoms with Gasteiger partial charge in [0.15, 0.2) is 0 Å². The Morgan fingerprint density at radius 1 is 1.10 bits per heavy atom. The molecule has 1 heterocycles. The Morgan fingerprint density at radius 2 is 1.76 bits per heavy atom. The van der Waals surface area contributed by atoms with Gasteiger partial charge in [-0.1, -0.05) is 18.2 Å². The van der Waals surface area contributed by atoms with Crippen LogP contribution in [0.1, 0.15) is 19.3 Å². The number of β-amino-alcohol motifs (C(OH)–C–C–N with tert-alkyl or cyclic N) is 1. The van der Waals surface area contributed by atoms with Gasteiger partial charge in [-0.2, -0.15) is 0 Å². The number of aliphatic hydroxyl groups is 1. The number of carbonyl (C=O) groups excluding carboxylic acids is 1. The van der Waals surface area contributed by atoms with Gasteiger partial charge in [-0.05, 0) is 43.2 Å². The Hall–Kier alpha value is -1.05. The van der Waals surface area contributed by atoms with Crippen molar-refractivity contribution in [3.05, 3.63) is 30.3 Å². The van der Waals surface area contributed by atoms with Crippen LogP contribution in [0.25, 0.3) is 0 Å². The quantitative estimate of drug-likeness (QED) is 0.697. The molecule has 2 aliphatic carbocycles. The first kappa shape index (κ1) is 24.2. The zero-order valence-corrected chi connectivity index (χ0v) is 18.3. The van der Waals surface area contributed by atoms with Gasteiger partial charge in [0, 0.05) is 38.8 Å². The molecule has 5 unspecified atom stereocenters. The van der Waals surface area contributed by atoms with Gasteiger partial charge >= 0.3 is 0 Å². The molecule has 4 rings (SSSR count). The number of halogens is 2. The van der Waals surface area contributed by atoms with Crippen LogP contribution >= 0.6 is 24.8 Å². The predicted octanol–water partition coefficient (Wildman–Crippen LogP) is 1.79. The third-order valence-corrected chi connectivity index (χ3v) is 6.60. The predicted molar refractivity (Wildman–Crippen MR) is 118 cm³/mol. The van der Waals surface area contributed by atoms with Gasteiger partial charge in [0.2, 0.25) is 5.91 Å². The first-order valence-electron chi connectivity index (χ1n) is 10.2. The number of benzene rings is 1. The molecule has 1 aromatic carbocycles. The van der Waals surface area contributed by atoms with Crippen molar-refractivity contribution in [2.45, 2.75) is 31.4 Å². The Balaban J connectivity index is 0.00000150. The van der Waals surface area contributed by atoms with E-state index in [9.17, 15) is 9.90 Å². The highest BCUT2D eigenvalue weighted by Crippen LogP contribution is 2.48. The van der Waals surface area contributed by atoms with Crippen LogP contribution in [-0.2, 0) is 4.79 Å². The molecule has 0 aromatic heterocycles. The van der Waals surface area contributed by atoms with Gasteiger partial charge in [0.25, 0.3) is 0 Å². The molecular weight excluding hydrogens is 413 g/mol. The van der Waals surface area contributed by atoms with E-state index in [4.69, 9.17) is 10.5 Å². The zero-order chi connectivity index (χ0) is 18.8. The standard InChI is InChI=1S/C21H31N3O3.2ClH/c22-20-16-7-6-15(12-16)19(20)21(26)24-10-8-23(9-11-24)13-17(25)14-27-18-4-2-1-3-5-18;;/h1-5,15-17,19-20,25H,6-14,22H2;2*1H. The van der Waals surface area contributed by atoms with E-state index in [0.717, 1.165) is 38.3 Å². The molecule has 1 aliphatic heterocycles. The summed E-state index contributed by atoms with van der Waals surface area (Å²) >= 11 is 0. The van der Waals surface area contributed by atoms with Crippen molar-refractivity contribution in [3.63, 3.8) is 0 Å². The van der Waals surface area contributed by atoms with Crippen molar-refractivity contribution >= 4 is 30.7 Å². The van der Waals surface area contributed by atoms with Crippen LogP contribution in [0.2, 0.25) is 0 Å². The maximum absolute atomic E-state index is 12.9. The lowest BCUT2D eigenvalue weighted by Gasteiger charge is -2.39. The number of nitrogens with two attached hydrogens (primary N) is 1. The SMILES string of the molecule is Cl.Cl.NC1C2CCC(C2)C1C(=O)N1CCN(CC(O)COc2ccccc2)CC1. The number of nitrogens with zero attached hydrogens (tertiary/aromatic N) is 2. The van der Waals surface area contributed by atoms with E-state index >= 15 is 0 Å². The van der Waals surface area contributed by atoms with Gasteiger partial charge in [0.05, 0.1) is 5.92 Å². The van der Waals surface area contributed by atoms with E-state index in [0.29, 0.717) is 18.4 Å². The summed E-state index contributed by atoms with van der Waals surface area (Å²) in [6.07, 6.45) is 2.98. The van der Waals surface area contributed by atoms with Crippen LogP contribution in [0.3, 0.4) is 0 Å². The number of hydrogen-bond acceptors (Lipinski definition) is 5. The number of hydrogen-bond donors (Lipinski definition) is 2. The largest absolute Gasteiger partial charge is 0.491 e. The van der Waals surface area contributed by atoms with E-state index in [1.54, 1.807) is 0 Å². The third-order valence-electron chi connectivity index (χ3n) is 6.60. The van der Waals surface area contributed by atoms with Gasteiger partial charge in [0.1, 0.15) is 18.5 Å². The Kier molecular flexibility index (Phi) is 9.04. The molecule has 2 bridgehead atoms. The van der Waals surface area contributed by atoms with Gasteiger partial charge < -0.3 is 20.5 Å². The van der Waals surface area contributed by atoms with E-state index in [-0.39, 0.29) is 49.3 Å². The molecule has 164 valence electrons. The van der Waals surface area contributed by atoms with Crippen LogP contribution in [0, 0.1) is 17.8 Å². The highest BCUT2D eigenvalue weighted by Gasteiger charge is 2.50. The number of carbonyl (C=O) groups is 1. The summed E-state index contributed by atoms with van der Waals surface area (Å²) in [6, 6.07) is 9.61. The fourth-order valence-corrected chi connectivity index (χ4v) is 5.12. The second-order valence-electron chi connectivity index (χ2n) is 8.34. The van der Waals surface area contributed by atoms with Crippen LogP contribution < -0.4 is 10.5 Å². The monoisotopic (exact) mass is 445 g/mol. The lowest BCUT2D eigenvalue weighted by molar-refractivity contribution is -0.139. The zero-order valence-electron chi connectivity index (χ0n) is 16.7. The first-order chi connectivity index (χ1) is 13.1. The van der Waals surface area contributed by atoms with Crippen molar-refractivity contribution in [2.24, 2.45) is 23.5 Å². The van der Waals surface area contributed by atoms with Crippen LogP contribution in [0.15, 0.2) is 30.3 Å². The van der Waals surface area contributed by atoms with Gasteiger partial charge in [-0.15, -0.1) is 24.8 Å². The average Bonchev–Trinajstić information content (AvgIpc) is 3.29. The molecular formula is C21H33Cl2N3O3. The first-order valence-corrected chi connectivity index (χ1v) is 10.2. The van der Waals surface area contributed by atoms with Crippen molar-refractivity contribution in [3.8, 4) is 5.75 Å². The number of para-hydroxylation sites is 1.